The maximum Gasteiger partial charge on any atom is 0.0658 e. The third-order valence-corrected chi connectivity index (χ3v) is 3.07. The minimum atomic E-state index is 0.590. The number of aromatic nitrogens is 2. The number of ether oxygens (including phenoxy) is 1. The van der Waals surface area contributed by atoms with E-state index in [1.54, 1.807) is 7.11 Å². The van der Waals surface area contributed by atoms with Gasteiger partial charge in [0.2, 0.25) is 0 Å². The second kappa shape index (κ2) is 6.14. The van der Waals surface area contributed by atoms with Crippen LogP contribution in [0, 0.1) is 0 Å². The van der Waals surface area contributed by atoms with Crippen molar-refractivity contribution in [3.05, 3.63) is 18.0 Å². The Morgan fingerprint density at radius 3 is 3.24 bits per heavy atom. The summed E-state index contributed by atoms with van der Waals surface area (Å²) in [6.45, 7) is 8.09. The molecule has 2 heterocycles. The van der Waals surface area contributed by atoms with Gasteiger partial charge >= 0.3 is 0 Å². The molecule has 0 aromatic carbocycles. The molecule has 1 aliphatic rings. The average Bonchev–Trinajstić information content (AvgIpc) is 2.74. The van der Waals surface area contributed by atoms with Crippen LogP contribution in [-0.2, 0) is 17.8 Å². The van der Waals surface area contributed by atoms with Gasteiger partial charge in [-0.15, -0.1) is 0 Å². The summed E-state index contributed by atoms with van der Waals surface area (Å²) in [4.78, 5) is 2.47. The molecule has 96 valence electrons. The zero-order valence-corrected chi connectivity index (χ0v) is 10.7. The fourth-order valence-electron chi connectivity index (χ4n) is 2.21. The Morgan fingerprint density at radius 2 is 2.47 bits per heavy atom. The summed E-state index contributed by atoms with van der Waals surface area (Å²) >= 11 is 0. The van der Waals surface area contributed by atoms with Crippen molar-refractivity contribution in [1.82, 2.24) is 20.0 Å². The summed E-state index contributed by atoms with van der Waals surface area (Å²) in [5.74, 6) is 0. The summed E-state index contributed by atoms with van der Waals surface area (Å²) in [5.41, 5.74) is 1.29. The zero-order valence-electron chi connectivity index (χ0n) is 10.7. The van der Waals surface area contributed by atoms with E-state index in [4.69, 9.17) is 4.74 Å². The molecule has 0 saturated carbocycles. The third kappa shape index (κ3) is 3.80. The number of nitrogens with zero attached hydrogens (tertiary/aromatic N) is 3. The van der Waals surface area contributed by atoms with E-state index in [9.17, 15) is 0 Å². The van der Waals surface area contributed by atoms with Crippen LogP contribution in [0.15, 0.2) is 12.4 Å². The number of methoxy groups -OCH3 is 1. The summed E-state index contributed by atoms with van der Waals surface area (Å²) in [7, 11) is 1.71. The first-order chi connectivity index (χ1) is 8.28. The molecule has 1 saturated heterocycles. The first kappa shape index (κ1) is 12.5. The standard InChI is InChI=1S/C12H22N4O/c1-11-8-15(4-3-13-11)9-12-7-14-16(10-12)5-6-17-2/h7,10-11,13H,3-6,8-9H2,1-2H3/t11-/m1/s1. The first-order valence-corrected chi connectivity index (χ1v) is 6.24. The summed E-state index contributed by atoms with van der Waals surface area (Å²) in [6, 6.07) is 0.590. The van der Waals surface area contributed by atoms with Crippen LogP contribution < -0.4 is 5.32 Å². The molecule has 1 fully saturated rings. The lowest BCUT2D eigenvalue weighted by atomic mass is 10.2. The summed E-state index contributed by atoms with van der Waals surface area (Å²) in [6.07, 6.45) is 4.08. The van der Waals surface area contributed by atoms with Crippen LogP contribution in [0.4, 0.5) is 0 Å². The van der Waals surface area contributed by atoms with E-state index in [2.05, 4.69) is 28.4 Å². The van der Waals surface area contributed by atoms with Gasteiger partial charge in [-0.05, 0) is 6.92 Å². The second-order valence-corrected chi connectivity index (χ2v) is 4.69. The molecule has 1 aromatic rings. The molecule has 1 atom stereocenters. The van der Waals surface area contributed by atoms with Gasteiger partial charge in [0.1, 0.15) is 0 Å². The van der Waals surface area contributed by atoms with E-state index in [0.717, 1.165) is 32.7 Å². The molecule has 0 aliphatic carbocycles. The number of piperazine rings is 1. The molecule has 1 aromatic heterocycles. The highest BCUT2D eigenvalue weighted by atomic mass is 16.5. The number of hydrogen-bond acceptors (Lipinski definition) is 4. The van der Waals surface area contributed by atoms with Crippen LogP contribution in [0.2, 0.25) is 0 Å². The second-order valence-electron chi connectivity index (χ2n) is 4.69. The molecule has 2 rings (SSSR count). The molecular formula is C12H22N4O. The zero-order chi connectivity index (χ0) is 12.1. The van der Waals surface area contributed by atoms with Gasteiger partial charge in [0.25, 0.3) is 0 Å². The first-order valence-electron chi connectivity index (χ1n) is 6.24. The Balaban J connectivity index is 1.83. The van der Waals surface area contributed by atoms with Crippen molar-refractivity contribution in [1.29, 1.82) is 0 Å². The van der Waals surface area contributed by atoms with Crippen molar-refractivity contribution in [3.8, 4) is 0 Å². The largest absolute Gasteiger partial charge is 0.383 e. The van der Waals surface area contributed by atoms with Crippen molar-refractivity contribution < 1.29 is 4.74 Å². The Bertz CT molecular complexity index is 339. The fourth-order valence-corrected chi connectivity index (χ4v) is 2.21. The molecular weight excluding hydrogens is 216 g/mol. The van der Waals surface area contributed by atoms with Gasteiger partial charge in [-0.1, -0.05) is 0 Å². The normalized spacial score (nSPS) is 21.9. The molecule has 0 bridgehead atoms. The van der Waals surface area contributed by atoms with Gasteiger partial charge in [-0.2, -0.15) is 5.10 Å². The molecule has 17 heavy (non-hydrogen) atoms. The number of nitrogens with one attached hydrogen (secondary N) is 1. The Morgan fingerprint density at radius 1 is 1.59 bits per heavy atom. The van der Waals surface area contributed by atoms with Crippen molar-refractivity contribution in [3.63, 3.8) is 0 Å². The molecule has 5 nitrogen and oxygen atoms in total. The number of hydrogen-bond donors (Lipinski definition) is 1. The minimum absolute atomic E-state index is 0.590. The highest BCUT2D eigenvalue weighted by Gasteiger charge is 2.15. The fraction of sp³-hybridized carbons (Fsp3) is 0.750. The quantitative estimate of drug-likeness (QED) is 0.802. The maximum absolute atomic E-state index is 5.04. The van der Waals surface area contributed by atoms with Crippen molar-refractivity contribution in [2.75, 3.05) is 33.4 Å². The van der Waals surface area contributed by atoms with Crippen LogP contribution >= 0.6 is 0 Å². The molecule has 0 unspecified atom stereocenters. The third-order valence-electron chi connectivity index (χ3n) is 3.07. The Labute approximate surface area is 103 Å². The van der Waals surface area contributed by atoms with E-state index < -0.39 is 0 Å². The van der Waals surface area contributed by atoms with Gasteiger partial charge in [-0.25, -0.2) is 0 Å². The Kier molecular flexibility index (Phi) is 4.53. The summed E-state index contributed by atoms with van der Waals surface area (Å²) in [5, 5.41) is 7.78. The highest BCUT2D eigenvalue weighted by molar-refractivity contribution is 5.04. The SMILES string of the molecule is COCCn1cc(CN2CCN[C@H](C)C2)cn1. The molecule has 0 amide bonds. The van der Waals surface area contributed by atoms with E-state index >= 15 is 0 Å². The van der Waals surface area contributed by atoms with E-state index in [-0.39, 0.29) is 0 Å². The van der Waals surface area contributed by atoms with Crippen LogP contribution in [-0.4, -0.2) is 54.1 Å². The van der Waals surface area contributed by atoms with E-state index in [1.807, 2.05) is 10.9 Å². The minimum Gasteiger partial charge on any atom is -0.383 e. The van der Waals surface area contributed by atoms with Crippen LogP contribution in [0.25, 0.3) is 0 Å². The van der Waals surface area contributed by atoms with E-state index in [1.165, 1.54) is 5.56 Å². The monoisotopic (exact) mass is 238 g/mol. The van der Waals surface area contributed by atoms with Crippen LogP contribution in [0.1, 0.15) is 12.5 Å². The van der Waals surface area contributed by atoms with Crippen molar-refractivity contribution in [2.45, 2.75) is 26.1 Å². The Hall–Kier alpha value is -0.910. The van der Waals surface area contributed by atoms with Crippen LogP contribution in [0.5, 0.6) is 0 Å². The van der Waals surface area contributed by atoms with Gasteiger partial charge in [0.05, 0.1) is 19.3 Å². The van der Waals surface area contributed by atoms with Gasteiger partial charge in [0.15, 0.2) is 0 Å². The lowest BCUT2D eigenvalue weighted by molar-refractivity contribution is 0.183. The molecule has 0 spiro atoms. The lowest BCUT2D eigenvalue weighted by Crippen LogP contribution is -2.48. The average molecular weight is 238 g/mol. The van der Waals surface area contributed by atoms with Gasteiger partial charge in [-0.3, -0.25) is 9.58 Å². The lowest BCUT2D eigenvalue weighted by Gasteiger charge is -2.31. The van der Waals surface area contributed by atoms with Crippen molar-refractivity contribution >= 4 is 0 Å². The van der Waals surface area contributed by atoms with Crippen molar-refractivity contribution in [2.24, 2.45) is 0 Å². The topological polar surface area (TPSA) is 42.3 Å². The van der Waals surface area contributed by atoms with Gasteiger partial charge < -0.3 is 10.1 Å². The summed E-state index contributed by atoms with van der Waals surface area (Å²) < 4.78 is 6.99. The molecule has 1 aliphatic heterocycles. The smallest absolute Gasteiger partial charge is 0.0658 e. The predicted molar refractivity (Wildman–Crippen MR) is 66.8 cm³/mol. The maximum atomic E-state index is 5.04. The molecule has 0 radical (unpaired) electrons. The molecule has 1 N–H and O–H groups in total. The highest BCUT2D eigenvalue weighted by Crippen LogP contribution is 2.06. The van der Waals surface area contributed by atoms with Gasteiger partial charge in [0, 0.05) is 51.1 Å². The number of rotatable bonds is 5. The predicted octanol–water partition coefficient (Wildman–Crippen LogP) is 0.323. The molecule has 5 heteroatoms. The van der Waals surface area contributed by atoms with Crippen LogP contribution in [0.3, 0.4) is 0 Å². The van der Waals surface area contributed by atoms with E-state index in [0.29, 0.717) is 12.6 Å².